The number of nitrogens with one attached hydrogen (secondary N) is 1. The van der Waals surface area contributed by atoms with Crippen LogP contribution in [-0.2, 0) is 6.54 Å². The zero-order chi connectivity index (χ0) is 17.4. The summed E-state index contributed by atoms with van der Waals surface area (Å²) in [4.78, 5) is 30.4. The quantitative estimate of drug-likeness (QED) is 0.797. The van der Waals surface area contributed by atoms with Crippen molar-refractivity contribution in [1.82, 2.24) is 15.2 Å². The molecule has 0 radical (unpaired) electrons. The number of benzene rings is 1. The first-order valence-corrected chi connectivity index (χ1v) is 7.84. The van der Waals surface area contributed by atoms with Crippen molar-refractivity contribution in [2.45, 2.75) is 13.5 Å². The van der Waals surface area contributed by atoms with Gasteiger partial charge in [0.2, 0.25) is 0 Å². The molecule has 5 nitrogen and oxygen atoms in total. The SMILES string of the molecule is C=CCNC(=O)c1cc(C(=O)N(CC)Cc2ccccc2)ccn1. The maximum Gasteiger partial charge on any atom is 0.270 e. The molecule has 0 saturated carbocycles. The molecule has 1 aromatic carbocycles. The van der Waals surface area contributed by atoms with Gasteiger partial charge in [0.15, 0.2) is 0 Å². The van der Waals surface area contributed by atoms with Crippen LogP contribution in [0.4, 0.5) is 0 Å². The molecule has 0 saturated heterocycles. The average Bonchev–Trinajstić information content (AvgIpc) is 2.64. The summed E-state index contributed by atoms with van der Waals surface area (Å²) in [5.41, 5.74) is 1.73. The molecule has 2 amide bonds. The van der Waals surface area contributed by atoms with Gasteiger partial charge in [-0.1, -0.05) is 36.4 Å². The van der Waals surface area contributed by atoms with E-state index in [0.717, 1.165) is 5.56 Å². The van der Waals surface area contributed by atoms with E-state index in [1.165, 1.54) is 12.3 Å². The van der Waals surface area contributed by atoms with Crippen molar-refractivity contribution in [2.75, 3.05) is 13.1 Å². The Morgan fingerprint density at radius 2 is 2.00 bits per heavy atom. The lowest BCUT2D eigenvalue weighted by Gasteiger charge is -2.21. The highest BCUT2D eigenvalue weighted by molar-refractivity contribution is 5.98. The molecule has 2 rings (SSSR count). The summed E-state index contributed by atoms with van der Waals surface area (Å²) in [5, 5.41) is 2.65. The van der Waals surface area contributed by atoms with Crippen LogP contribution in [0.5, 0.6) is 0 Å². The lowest BCUT2D eigenvalue weighted by Crippen LogP contribution is -2.31. The monoisotopic (exact) mass is 323 g/mol. The van der Waals surface area contributed by atoms with Crippen LogP contribution in [-0.4, -0.2) is 34.8 Å². The minimum atomic E-state index is -0.323. The Balaban J connectivity index is 2.15. The highest BCUT2D eigenvalue weighted by Gasteiger charge is 2.16. The Morgan fingerprint density at radius 3 is 2.67 bits per heavy atom. The Bertz CT molecular complexity index is 714. The third-order valence-corrected chi connectivity index (χ3v) is 3.53. The second-order valence-corrected chi connectivity index (χ2v) is 5.23. The Labute approximate surface area is 142 Å². The molecule has 0 aliphatic rings. The molecule has 5 heteroatoms. The first kappa shape index (κ1) is 17.4. The number of amides is 2. The summed E-state index contributed by atoms with van der Waals surface area (Å²) in [6.07, 6.45) is 3.07. The summed E-state index contributed by atoms with van der Waals surface area (Å²) < 4.78 is 0. The zero-order valence-corrected chi connectivity index (χ0v) is 13.7. The number of nitrogens with zero attached hydrogens (tertiary/aromatic N) is 2. The third kappa shape index (κ3) is 4.52. The Kier molecular flexibility index (Phi) is 6.25. The van der Waals surface area contributed by atoms with Crippen LogP contribution < -0.4 is 5.32 Å². The number of hydrogen-bond donors (Lipinski definition) is 1. The van der Waals surface area contributed by atoms with E-state index in [4.69, 9.17) is 0 Å². The van der Waals surface area contributed by atoms with E-state index in [9.17, 15) is 9.59 Å². The van der Waals surface area contributed by atoms with E-state index < -0.39 is 0 Å². The van der Waals surface area contributed by atoms with E-state index in [0.29, 0.717) is 25.2 Å². The highest BCUT2D eigenvalue weighted by atomic mass is 16.2. The molecular weight excluding hydrogens is 302 g/mol. The van der Waals surface area contributed by atoms with Gasteiger partial charge in [-0.25, -0.2) is 0 Å². The molecule has 0 bridgehead atoms. The number of carbonyl (C=O) groups is 2. The molecule has 1 aromatic heterocycles. The number of hydrogen-bond acceptors (Lipinski definition) is 3. The van der Waals surface area contributed by atoms with E-state index in [1.54, 1.807) is 17.0 Å². The fourth-order valence-electron chi connectivity index (χ4n) is 2.26. The van der Waals surface area contributed by atoms with Gasteiger partial charge >= 0.3 is 0 Å². The lowest BCUT2D eigenvalue weighted by atomic mass is 10.1. The summed E-state index contributed by atoms with van der Waals surface area (Å²) in [6, 6.07) is 12.9. The van der Waals surface area contributed by atoms with E-state index >= 15 is 0 Å². The minimum absolute atomic E-state index is 0.124. The van der Waals surface area contributed by atoms with Gasteiger partial charge in [-0.2, -0.15) is 0 Å². The van der Waals surface area contributed by atoms with Crippen molar-refractivity contribution in [3.05, 3.63) is 78.1 Å². The maximum absolute atomic E-state index is 12.7. The number of carbonyl (C=O) groups excluding carboxylic acids is 2. The second kappa shape index (κ2) is 8.62. The van der Waals surface area contributed by atoms with Crippen LogP contribution in [0.15, 0.2) is 61.3 Å². The molecule has 0 fully saturated rings. The van der Waals surface area contributed by atoms with Gasteiger partial charge in [0.1, 0.15) is 5.69 Å². The Hall–Kier alpha value is -2.95. The van der Waals surface area contributed by atoms with E-state index in [1.807, 2.05) is 37.3 Å². The van der Waals surface area contributed by atoms with Gasteiger partial charge in [-0.3, -0.25) is 14.6 Å². The predicted molar refractivity (Wildman–Crippen MR) is 93.6 cm³/mol. The van der Waals surface area contributed by atoms with Crippen molar-refractivity contribution in [1.29, 1.82) is 0 Å². The molecule has 0 aliphatic heterocycles. The molecule has 0 spiro atoms. The molecular formula is C19H21N3O2. The fraction of sp³-hybridized carbons (Fsp3) is 0.211. The standard InChI is InChI=1S/C19H21N3O2/c1-3-11-21-18(23)17-13-16(10-12-20-17)19(24)22(4-2)14-15-8-6-5-7-9-15/h3,5-10,12-13H,1,4,11,14H2,2H3,(H,21,23). The van der Waals surface area contributed by atoms with Crippen LogP contribution in [0.2, 0.25) is 0 Å². The summed E-state index contributed by atoms with van der Waals surface area (Å²) >= 11 is 0. The van der Waals surface area contributed by atoms with Crippen molar-refractivity contribution >= 4 is 11.8 Å². The van der Waals surface area contributed by atoms with Crippen LogP contribution >= 0.6 is 0 Å². The summed E-state index contributed by atoms with van der Waals surface area (Å²) in [5.74, 6) is -0.447. The summed E-state index contributed by atoms with van der Waals surface area (Å²) in [6.45, 7) is 6.94. The molecule has 1 heterocycles. The van der Waals surface area contributed by atoms with E-state index in [2.05, 4.69) is 16.9 Å². The van der Waals surface area contributed by atoms with Crippen LogP contribution in [0.3, 0.4) is 0 Å². The number of aromatic nitrogens is 1. The Morgan fingerprint density at radius 1 is 1.25 bits per heavy atom. The number of rotatable bonds is 7. The molecule has 0 unspecified atom stereocenters. The predicted octanol–water partition coefficient (Wildman–Crippen LogP) is 2.66. The van der Waals surface area contributed by atoms with Gasteiger partial charge in [-0.15, -0.1) is 6.58 Å². The molecule has 1 N–H and O–H groups in total. The highest BCUT2D eigenvalue weighted by Crippen LogP contribution is 2.11. The summed E-state index contributed by atoms with van der Waals surface area (Å²) in [7, 11) is 0. The van der Waals surface area contributed by atoms with Gasteiger partial charge < -0.3 is 10.2 Å². The fourth-order valence-corrected chi connectivity index (χ4v) is 2.26. The first-order valence-electron chi connectivity index (χ1n) is 7.84. The molecule has 0 atom stereocenters. The minimum Gasteiger partial charge on any atom is -0.347 e. The topological polar surface area (TPSA) is 62.3 Å². The lowest BCUT2D eigenvalue weighted by molar-refractivity contribution is 0.0752. The molecule has 2 aromatic rings. The smallest absolute Gasteiger partial charge is 0.270 e. The van der Waals surface area contributed by atoms with Gasteiger partial charge in [0.05, 0.1) is 0 Å². The van der Waals surface area contributed by atoms with Gasteiger partial charge in [0, 0.05) is 31.4 Å². The van der Waals surface area contributed by atoms with Crippen LogP contribution in [0, 0.1) is 0 Å². The molecule has 0 aliphatic carbocycles. The average molecular weight is 323 g/mol. The second-order valence-electron chi connectivity index (χ2n) is 5.23. The largest absolute Gasteiger partial charge is 0.347 e. The normalized spacial score (nSPS) is 10.0. The molecule has 24 heavy (non-hydrogen) atoms. The van der Waals surface area contributed by atoms with Crippen molar-refractivity contribution in [3.8, 4) is 0 Å². The molecule has 124 valence electrons. The van der Waals surface area contributed by atoms with Crippen molar-refractivity contribution in [3.63, 3.8) is 0 Å². The van der Waals surface area contributed by atoms with Gasteiger partial charge in [-0.05, 0) is 24.6 Å². The van der Waals surface area contributed by atoms with Crippen molar-refractivity contribution < 1.29 is 9.59 Å². The first-order chi connectivity index (χ1) is 11.7. The van der Waals surface area contributed by atoms with Crippen molar-refractivity contribution in [2.24, 2.45) is 0 Å². The van der Waals surface area contributed by atoms with Crippen LogP contribution in [0.25, 0.3) is 0 Å². The van der Waals surface area contributed by atoms with E-state index in [-0.39, 0.29) is 17.5 Å². The number of pyridine rings is 1. The van der Waals surface area contributed by atoms with Gasteiger partial charge in [0.25, 0.3) is 11.8 Å². The third-order valence-electron chi connectivity index (χ3n) is 3.53. The maximum atomic E-state index is 12.7. The zero-order valence-electron chi connectivity index (χ0n) is 13.7. The van der Waals surface area contributed by atoms with Crippen LogP contribution in [0.1, 0.15) is 33.3 Å².